The number of rotatable bonds is 5. The number of aryl methyl sites for hydroxylation is 1. The molecule has 3 rings (SSSR count). The van der Waals surface area contributed by atoms with Crippen LogP contribution in [0.15, 0.2) is 40.9 Å². The van der Waals surface area contributed by atoms with Crippen LogP contribution in [0.5, 0.6) is 11.5 Å². The summed E-state index contributed by atoms with van der Waals surface area (Å²) in [6.07, 6.45) is 0. The minimum absolute atomic E-state index is 0.237. The third-order valence-corrected chi connectivity index (χ3v) is 4.49. The molecular formula is C19H19IN2O3. The lowest BCUT2D eigenvalue weighted by Crippen LogP contribution is -2.05. The van der Waals surface area contributed by atoms with Crippen LogP contribution < -0.4 is 4.74 Å². The van der Waals surface area contributed by atoms with Gasteiger partial charge in [-0.2, -0.15) is 4.98 Å². The molecule has 3 aromatic rings. The second-order valence-corrected chi connectivity index (χ2v) is 7.44. The highest BCUT2D eigenvalue weighted by molar-refractivity contribution is 14.1. The van der Waals surface area contributed by atoms with Gasteiger partial charge in [-0.3, -0.25) is 0 Å². The maximum Gasteiger partial charge on any atom is 0.258 e. The summed E-state index contributed by atoms with van der Waals surface area (Å²) in [4.78, 5) is 4.46. The first kappa shape index (κ1) is 17.7. The summed E-state index contributed by atoms with van der Waals surface area (Å²) in [5, 5.41) is 13.7. The Balaban J connectivity index is 1.84. The third kappa shape index (κ3) is 4.12. The normalized spacial score (nSPS) is 11.1. The van der Waals surface area contributed by atoms with Crippen LogP contribution >= 0.6 is 22.6 Å². The van der Waals surface area contributed by atoms with Gasteiger partial charge in [0.15, 0.2) is 0 Å². The zero-order chi connectivity index (χ0) is 18.0. The average molecular weight is 450 g/mol. The van der Waals surface area contributed by atoms with Gasteiger partial charge in [0, 0.05) is 11.1 Å². The van der Waals surface area contributed by atoms with Crippen molar-refractivity contribution in [3.8, 4) is 34.3 Å². The summed E-state index contributed by atoms with van der Waals surface area (Å²) in [7, 11) is 0. The molecule has 1 N–H and O–H groups in total. The zero-order valence-electron chi connectivity index (χ0n) is 14.3. The van der Waals surface area contributed by atoms with Crippen molar-refractivity contribution < 1.29 is 14.4 Å². The topological polar surface area (TPSA) is 68.4 Å². The van der Waals surface area contributed by atoms with E-state index in [0.717, 1.165) is 26.0 Å². The van der Waals surface area contributed by atoms with Crippen LogP contribution in [-0.2, 0) is 0 Å². The van der Waals surface area contributed by atoms with E-state index in [0.29, 0.717) is 24.2 Å². The second-order valence-electron chi connectivity index (χ2n) is 6.27. The molecule has 0 unspecified atom stereocenters. The number of nitrogens with zero attached hydrogens (tertiary/aromatic N) is 2. The summed E-state index contributed by atoms with van der Waals surface area (Å²) in [6, 6.07) is 11.0. The fraction of sp³-hybridized carbons (Fsp3) is 0.263. The minimum Gasteiger partial charge on any atom is -0.507 e. The summed E-state index contributed by atoms with van der Waals surface area (Å²) in [5.74, 6) is 2.53. The first-order chi connectivity index (χ1) is 11.9. The number of phenolic OH excluding ortho intramolecular Hbond substituents is 1. The van der Waals surface area contributed by atoms with Crippen molar-refractivity contribution in [1.82, 2.24) is 10.1 Å². The highest BCUT2D eigenvalue weighted by Gasteiger charge is 2.13. The Bertz CT molecular complexity index is 890. The number of aromatic hydroxyl groups is 1. The summed E-state index contributed by atoms with van der Waals surface area (Å²) in [5.41, 5.74) is 2.67. The third-order valence-electron chi connectivity index (χ3n) is 3.63. The molecule has 0 fully saturated rings. The molecule has 2 aromatic carbocycles. The van der Waals surface area contributed by atoms with E-state index in [-0.39, 0.29) is 5.75 Å². The Labute approximate surface area is 160 Å². The Kier molecular flexibility index (Phi) is 5.27. The zero-order valence-corrected chi connectivity index (χ0v) is 16.4. The van der Waals surface area contributed by atoms with Crippen LogP contribution in [-0.4, -0.2) is 21.9 Å². The first-order valence-electron chi connectivity index (χ1n) is 8.00. The van der Waals surface area contributed by atoms with E-state index < -0.39 is 0 Å². The van der Waals surface area contributed by atoms with Gasteiger partial charge in [0.1, 0.15) is 11.5 Å². The molecule has 5 nitrogen and oxygen atoms in total. The van der Waals surface area contributed by atoms with Gasteiger partial charge in [0.2, 0.25) is 5.82 Å². The van der Waals surface area contributed by atoms with E-state index in [1.165, 1.54) is 0 Å². The predicted molar refractivity (Wildman–Crippen MR) is 105 cm³/mol. The van der Waals surface area contributed by atoms with E-state index in [1.54, 1.807) is 12.1 Å². The van der Waals surface area contributed by atoms with Gasteiger partial charge in [-0.05, 0) is 77.4 Å². The van der Waals surface area contributed by atoms with Gasteiger partial charge in [-0.1, -0.05) is 19.0 Å². The van der Waals surface area contributed by atoms with Crippen molar-refractivity contribution in [3.63, 3.8) is 0 Å². The van der Waals surface area contributed by atoms with E-state index in [2.05, 4.69) is 46.6 Å². The van der Waals surface area contributed by atoms with Gasteiger partial charge in [-0.25, -0.2) is 0 Å². The largest absolute Gasteiger partial charge is 0.507 e. The Morgan fingerprint density at radius 3 is 2.60 bits per heavy atom. The number of ether oxygens (including phenoxy) is 1. The molecule has 0 saturated heterocycles. The van der Waals surface area contributed by atoms with Gasteiger partial charge in [0.25, 0.3) is 5.89 Å². The van der Waals surface area contributed by atoms with E-state index in [4.69, 9.17) is 9.26 Å². The van der Waals surface area contributed by atoms with Crippen molar-refractivity contribution in [2.75, 3.05) is 6.61 Å². The fourth-order valence-corrected chi connectivity index (χ4v) is 2.82. The molecule has 0 aliphatic carbocycles. The molecule has 1 heterocycles. The number of hydrogen-bond donors (Lipinski definition) is 1. The molecule has 6 heteroatoms. The molecule has 0 saturated carbocycles. The summed E-state index contributed by atoms with van der Waals surface area (Å²) in [6.45, 7) is 6.92. The lowest BCUT2D eigenvalue weighted by atomic mass is 10.1. The number of halogens is 1. The molecule has 1 aromatic heterocycles. The Morgan fingerprint density at radius 1 is 1.16 bits per heavy atom. The highest BCUT2D eigenvalue weighted by atomic mass is 127. The number of hydrogen-bond acceptors (Lipinski definition) is 5. The number of phenols is 1. The van der Waals surface area contributed by atoms with Crippen molar-refractivity contribution in [2.24, 2.45) is 5.92 Å². The molecule has 25 heavy (non-hydrogen) atoms. The number of benzene rings is 2. The Hall–Kier alpha value is -2.09. The molecule has 0 amide bonds. The fourth-order valence-electron chi connectivity index (χ4n) is 2.30. The van der Waals surface area contributed by atoms with Crippen LogP contribution in [0.2, 0.25) is 0 Å². The van der Waals surface area contributed by atoms with Crippen molar-refractivity contribution in [1.29, 1.82) is 0 Å². The van der Waals surface area contributed by atoms with Crippen LogP contribution in [0.25, 0.3) is 22.8 Å². The van der Waals surface area contributed by atoms with E-state index in [1.807, 2.05) is 31.2 Å². The molecule has 130 valence electrons. The van der Waals surface area contributed by atoms with Crippen LogP contribution in [0, 0.1) is 16.4 Å². The molecular weight excluding hydrogens is 431 g/mol. The SMILES string of the molecule is Cc1cc(-c2nc(-c3ccc(O)c(I)c3)no2)ccc1OCC(C)C. The lowest BCUT2D eigenvalue weighted by Gasteiger charge is -2.11. The molecule has 0 radical (unpaired) electrons. The highest BCUT2D eigenvalue weighted by Crippen LogP contribution is 2.29. The van der Waals surface area contributed by atoms with Crippen molar-refractivity contribution in [2.45, 2.75) is 20.8 Å². The van der Waals surface area contributed by atoms with Crippen molar-refractivity contribution in [3.05, 3.63) is 45.5 Å². The summed E-state index contributed by atoms with van der Waals surface area (Å²) < 4.78 is 11.9. The van der Waals surface area contributed by atoms with Gasteiger partial charge in [-0.15, -0.1) is 0 Å². The molecule has 0 aliphatic rings. The molecule has 0 spiro atoms. The first-order valence-corrected chi connectivity index (χ1v) is 9.08. The van der Waals surface area contributed by atoms with Gasteiger partial charge >= 0.3 is 0 Å². The molecule has 0 bridgehead atoms. The minimum atomic E-state index is 0.237. The van der Waals surface area contributed by atoms with Crippen LogP contribution in [0.1, 0.15) is 19.4 Å². The van der Waals surface area contributed by atoms with Gasteiger partial charge in [0.05, 0.1) is 10.2 Å². The molecule has 0 atom stereocenters. The quantitative estimate of drug-likeness (QED) is 0.551. The van der Waals surface area contributed by atoms with E-state index >= 15 is 0 Å². The van der Waals surface area contributed by atoms with E-state index in [9.17, 15) is 5.11 Å². The second kappa shape index (κ2) is 7.43. The monoisotopic (exact) mass is 450 g/mol. The summed E-state index contributed by atoms with van der Waals surface area (Å²) >= 11 is 2.07. The number of aromatic nitrogens is 2. The predicted octanol–water partition coefficient (Wildman–Crippen LogP) is 5.06. The standard InChI is InChI=1S/C19H19IN2O3/c1-11(2)10-24-17-7-5-14(8-12(17)3)19-21-18(22-25-19)13-4-6-16(23)15(20)9-13/h4-9,11,23H,10H2,1-3H3. The van der Waals surface area contributed by atoms with Gasteiger partial charge < -0.3 is 14.4 Å². The average Bonchev–Trinajstić information content (AvgIpc) is 3.06. The molecule has 0 aliphatic heterocycles. The lowest BCUT2D eigenvalue weighted by molar-refractivity contribution is 0.269. The maximum atomic E-state index is 9.62. The smallest absolute Gasteiger partial charge is 0.258 e. The van der Waals surface area contributed by atoms with Crippen LogP contribution in [0.4, 0.5) is 0 Å². The van der Waals surface area contributed by atoms with Crippen molar-refractivity contribution >= 4 is 22.6 Å². The van der Waals surface area contributed by atoms with Crippen LogP contribution in [0.3, 0.4) is 0 Å². The Morgan fingerprint density at radius 2 is 1.92 bits per heavy atom. The maximum absolute atomic E-state index is 9.62.